The summed E-state index contributed by atoms with van der Waals surface area (Å²) in [6.07, 6.45) is 3.81. The highest BCUT2D eigenvalue weighted by Crippen LogP contribution is 2.19. The van der Waals surface area contributed by atoms with Gasteiger partial charge in [-0.05, 0) is 6.07 Å². The van der Waals surface area contributed by atoms with E-state index in [1.165, 1.54) is 16.4 Å². The number of aromatic nitrogens is 1. The third-order valence-corrected chi connectivity index (χ3v) is 3.64. The standard InChI is InChI=1S/C12H14N2OS/c1-2-3-8-14-10-6-4-5-7-11(10)16-12(14)9-13-15/h4-7,9H,2-3,8H2,1H3/p+1. The van der Waals surface area contributed by atoms with Gasteiger partial charge >= 0.3 is 0 Å². The van der Waals surface area contributed by atoms with Crippen molar-refractivity contribution in [1.82, 2.24) is 0 Å². The molecule has 16 heavy (non-hydrogen) atoms. The van der Waals surface area contributed by atoms with Gasteiger partial charge in [-0.3, -0.25) is 0 Å². The Morgan fingerprint density at radius 2 is 2.25 bits per heavy atom. The van der Waals surface area contributed by atoms with E-state index in [2.05, 4.69) is 28.8 Å². The maximum absolute atomic E-state index is 8.66. The first-order valence-electron chi connectivity index (χ1n) is 5.45. The van der Waals surface area contributed by atoms with Crippen molar-refractivity contribution in [3.63, 3.8) is 0 Å². The lowest BCUT2D eigenvalue weighted by Gasteiger charge is -1.94. The maximum Gasteiger partial charge on any atom is 0.284 e. The molecule has 0 fully saturated rings. The summed E-state index contributed by atoms with van der Waals surface area (Å²) in [5.74, 6) is 0. The highest BCUT2D eigenvalue weighted by atomic mass is 32.1. The number of oxime groups is 1. The Hall–Kier alpha value is -1.42. The van der Waals surface area contributed by atoms with Gasteiger partial charge in [0.1, 0.15) is 10.9 Å². The van der Waals surface area contributed by atoms with E-state index in [0.29, 0.717) is 0 Å². The van der Waals surface area contributed by atoms with Gasteiger partial charge in [0.15, 0.2) is 6.54 Å². The molecular weight excluding hydrogens is 220 g/mol. The smallest absolute Gasteiger partial charge is 0.284 e. The Morgan fingerprint density at radius 1 is 1.44 bits per heavy atom. The number of fused-ring (bicyclic) bond motifs is 1. The number of rotatable bonds is 4. The number of hydrogen-bond donors (Lipinski definition) is 1. The number of unbranched alkanes of at least 4 members (excludes halogenated alkanes) is 1. The van der Waals surface area contributed by atoms with Gasteiger partial charge in [0.05, 0.1) is 0 Å². The Kier molecular flexibility index (Phi) is 3.51. The molecule has 1 aromatic heterocycles. The van der Waals surface area contributed by atoms with Crippen LogP contribution in [0.1, 0.15) is 24.8 Å². The summed E-state index contributed by atoms with van der Waals surface area (Å²) in [5, 5.41) is 12.8. The lowest BCUT2D eigenvalue weighted by atomic mass is 10.3. The van der Waals surface area contributed by atoms with Crippen LogP contribution in [0.4, 0.5) is 0 Å². The summed E-state index contributed by atoms with van der Waals surface area (Å²) in [4.78, 5) is 0. The van der Waals surface area contributed by atoms with E-state index in [-0.39, 0.29) is 0 Å². The van der Waals surface area contributed by atoms with Crippen LogP contribution in [0, 0.1) is 0 Å². The molecule has 1 aromatic carbocycles. The molecule has 0 bridgehead atoms. The van der Waals surface area contributed by atoms with E-state index in [1.807, 2.05) is 12.1 Å². The number of para-hydroxylation sites is 1. The van der Waals surface area contributed by atoms with E-state index in [4.69, 9.17) is 5.21 Å². The predicted molar refractivity (Wildman–Crippen MR) is 66.3 cm³/mol. The molecule has 4 heteroatoms. The van der Waals surface area contributed by atoms with Gasteiger partial charge in [-0.1, -0.05) is 42.0 Å². The summed E-state index contributed by atoms with van der Waals surface area (Å²) in [6.45, 7) is 3.15. The summed E-state index contributed by atoms with van der Waals surface area (Å²) in [5.41, 5.74) is 1.22. The van der Waals surface area contributed by atoms with Crippen molar-refractivity contribution in [3.8, 4) is 0 Å². The summed E-state index contributed by atoms with van der Waals surface area (Å²) < 4.78 is 3.44. The second kappa shape index (κ2) is 5.07. The van der Waals surface area contributed by atoms with Crippen LogP contribution in [0.2, 0.25) is 0 Å². The van der Waals surface area contributed by atoms with Gasteiger partial charge in [0.2, 0.25) is 5.52 Å². The average Bonchev–Trinajstić information content (AvgIpc) is 2.65. The first kappa shape index (κ1) is 11.1. The second-order valence-corrected chi connectivity index (χ2v) is 4.72. The van der Waals surface area contributed by atoms with Crippen molar-refractivity contribution in [1.29, 1.82) is 0 Å². The Morgan fingerprint density at radius 3 is 3.00 bits per heavy atom. The molecule has 1 N–H and O–H groups in total. The quantitative estimate of drug-likeness (QED) is 0.376. The Balaban J connectivity index is 2.50. The molecule has 0 saturated heterocycles. The van der Waals surface area contributed by atoms with Gasteiger partial charge in [-0.2, -0.15) is 4.57 Å². The minimum Gasteiger partial charge on any atom is -0.411 e. The van der Waals surface area contributed by atoms with Gasteiger partial charge in [0, 0.05) is 12.5 Å². The fourth-order valence-electron chi connectivity index (χ4n) is 1.75. The molecule has 0 amide bonds. The molecule has 0 radical (unpaired) electrons. The van der Waals surface area contributed by atoms with E-state index < -0.39 is 0 Å². The topological polar surface area (TPSA) is 36.5 Å². The first-order chi connectivity index (χ1) is 7.86. The van der Waals surface area contributed by atoms with E-state index >= 15 is 0 Å². The van der Waals surface area contributed by atoms with Crippen LogP contribution in [-0.2, 0) is 6.54 Å². The molecule has 2 aromatic rings. The highest BCUT2D eigenvalue weighted by molar-refractivity contribution is 7.19. The largest absolute Gasteiger partial charge is 0.411 e. The lowest BCUT2D eigenvalue weighted by Crippen LogP contribution is -2.36. The third kappa shape index (κ3) is 2.07. The van der Waals surface area contributed by atoms with Crippen LogP contribution in [0.5, 0.6) is 0 Å². The van der Waals surface area contributed by atoms with Gasteiger partial charge in [0.25, 0.3) is 5.01 Å². The fraction of sp³-hybridized carbons (Fsp3) is 0.333. The zero-order chi connectivity index (χ0) is 11.4. The number of thiazole rings is 1. The fourth-order valence-corrected chi connectivity index (χ4v) is 2.80. The minimum absolute atomic E-state index is 0.974. The molecule has 0 unspecified atom stereocenters. The third-order valence-electron chi connectivity index (χ3n) is 2.54. The normalized spacial score (nSPS) is 11.6. The zero-order valence-electron chi connectivity index (χ0n) is 9.26. The highest BCUT2D eigenvalue weighted by Gasteiger charge is 2.17. The van der Waals surface area contributed by atoms with Crippen LogP contribution < -0.4 is 4.57 Å². The molecule has 2 rings (SSSR count). The van der Waals surface area contributed by atoms with Crippen LogP contribution in [-0.4, -0.2) is 11.4 Å². The van der Waals surface area contributed by atoms with E-state index in [9.17, 15) is 0 Å². The van der Waals surface area contributed by atoms with Crippen LogP contribution in [0.3, 0.4) is 0 Å². The molecule has 0 atom stereocenters. The average molecular weight is 235 g/mol. The molecule has 0 spiro atoms. The van der Waals surface area contributed by atoms with Crippen molar-refractivity contribution in [3.05, 3.63) is 29.3 Å². The summed E-state index contributed by atoms with van der Waals surface area (Å²) >= 11 is 1.65. The molecule has 0 aliphatic heterocycles. The molecule has 1 heterocycles. The summed E-state index contributed by atoms with van der Waals surface area (Å²) in [6, 6.07) is 8.27. The van der Waals surface area contributed by atoms with E-state index in [1.54, 1.807) is 11.3 Å². The van der Waals surface area contributed by atoms with Crippen LogP contribution >= 0.6 is 11.3 Å². The minimum atomic E-state index is 0.974. The maximum atomic E-state index is 8.66. The van der Waals surface area contributed by atoms with Crippen LogP contribution in [0.25, 0.3) is 10.2 Å². The summed E-state index contributed by atoms with van der Waals surface area (Å²) in [7, 11) is 0. The molecule has 0 aliphatic carbocycles. The van der Waals surface area contributed by atoms with Crippen molar-refractivity contribution < 1.29 is 9.77 Å². The number of benzene rings is 1. The SMILES string of the molecule is CCCC[n+]1c(C=NO)sc2ccccc21. The number of nitrogens with zero attached hydrogens (tertiary/aromatic N) is 2. The first-order valence-corrected chi connectivity index (χ1v) is 6.27. The molecule has 0 aliphatic rings. The van der Waals surface area contributed by atoms with Crippen molar-refractivity contribution in [2.45, 2.75) is 26.3 Å². The van der Waals surface area contributed by atoms with Gasteiger partial charge in [-0.15, -0.1) is 0 Å². The van der Waals surface area contributed by atoms with Crippen LogP contribution in [0.15, 0.2) is 29.4 Å². The zero-order valence-corrected chi connectivity index (χ0v) is 10.1. The van der Waals surface area contributed by atoms with Crippen molar-refractivity contribution >= 4 is 27.8 Å². The predicted octanol–water partition coefficient (Wildman–Crippen LogP) is 2.80. The molecule has 84 valence electrons. The van der Waals surface area contributed by atoms with E-state index in [0.717, 1.165) is 24.4 Å². The second-order valence-electron chi connectivity index (χ2n) is 3.66. The number of hydrogen-bond acceptors (Lipinski definition) is 3. The molecule has 3 nitrogen and oxygen atoms in total. The van der Waals surface area contributed by atoms with Crippen molar-refractivity contribution in [2.75, 3.05) is 0 Å². The van der Waals surface area contributed by atoms with Gasteiger partial charge < -0.3 is 5.21 Å². The van der Waals surface area contributed by atoms with Gasteiger partial charge in [-0.25, -0.2) is 0 Å². The molecular formula is C12H15N2OS+. The monoisotopic (exact) mass is 235 g/mol. The van der Waals surface area contributed by atoms with Crippen molar-refractivity contribution in [2.24, 2.45) is 5.16 Å². The lowest BCUT2D eigenvalue weighted by molar-refractivity contribution is -0.668. The Bertz CT molecular complexity index is 505. The number of aryl methyl sites for hydroxylation is 1. The Labute approximate surface area is 98.7 Å². The molecule has 0 saturated carbocycles.